The first kappa shape index (κ1) is 72.5. The Morgan fingerprint density at radius 3 is 0.896 bits per heavy atom. The summed E-state index contributed by atoms with van der Waals surface area (Å²) in [4.78, 5) is 38.1. The fourth-order valence-corrected chi connectivity index (χ4v) is 8.45. The van der Waals surface area contributed by atoms with Gasteiger partial charge in [-0.25, -0.2) is 0 Å². The predicted octanol–water partition coefficient (Wildman–Crippen LogP) is 21.8. The number of ether oxygens (including phenoxy) is 3. The minimum atomic E-state index is -0.833. The van der Waals surface area contributed by atoms with Gasteiger partial charge in [0, 0.05) is 19.3 Å². The van der Waals surface area contributed by atoms with E-state index < -0.39 is 6.10 Å². The first-order valence-corrected chi connectivity index (χ1v) is 31.7. The Kier molecular flexibility index (Phi) is 60.4. The highest BCUT2D eigenvalue weighted by Gasteiger charge is 2.19. The highest BCUT2D eigenvalue weighted by atomic mass is 16.6. The SMILES string of the molecule is CC/C=C\C/C=C\C/C=C\C/C=C\CCCCC(=O)OC(COC(=O)CC/C=C\C/C=C\C/C=C\C/C=C\CC)COC(=O)CCCCCCCCCCCCCCCCCC/C=C\C/C=C\C/C=C\CCCCCCC. The zero-order valence-corrected chi connectivity index (χ0v) is 49.9. The molecule has 0 aliphatic heterocycles. The molecule has 0 aromatic heterocycles. The van der Waals surface area contributed by atoms with Gasteiger partial charge in [0.05, 0.1) is 0 Å². The molecule has 0 rings (SSSR count). The molecule has 0 spiro atoms. The van der Waals surface area contributed by atoms with Crippen LogP contribution in [0.25, 0.3) is 0 Å². The highest BCUT2D eigenvalue weighted by Crippen LogP contribution is 2.16. The smallest absolute Gasteiger partial charge is 0.306 e. The summed E-state index contributed by atoms with van der Waals surface area (Å²) < 4.78 is 16.8. The summed E-state index contributed by atoms with van der Waals surface area (Å²) in [6, 6.07) is 0. The fraction of sp³-hybridized carbons (Fsp3) is 0.648. The predicted molar refractivity (Wildman–Crippen MR) is 334 cm³/mol. The molecule has 0 aromatic carbocycles. The lowest BCUT2D eigenvalue weighted by Gasteiger charge is -2.18. The maximum Gasteiger partial charge on any atom is 0.306 e. The van der Waals surface area contributed by atoms with Crippen LogP contribution in [0.3, 0.4) is 0 Å². The van der Waals surface area contributed by atoms with Gasteiger partial charge < -0.3 is 14.2 Å². The molecule has 6 heteroatoms. The van der Waals surface area contributed by atoms with Crippen LogP contribution >= 0.6 is 0 Å². The molecule has 6 nitrogen and oxygen atoms in total. The molecule has 0 heterocycles. The van der Waals surface area contributed by atoms with E-state index in [0.717, 1.165) is 96.3 Å². The number of unbranched alkanes of at least 4 members (excludes halogenated alkanes) is 23. The van der Waals surface area contributed by atoms with Crippen molar-refractivity contribution in [3.05, 3.63) is 134 Å². The van der Waals surface area contributed by atoms with E-state index in [1.807, 2.05) is 12.2 Å². The Bertz CT molecular complexity index is 1650. The van der Waals surface area contributed by atoms with E-state index in [2.05, 4.69) is 142 Å². The van der Waals surface area contributed by atoms with Gasteiger partial charge in [-0.15, -0.1) is 0 Å². The molecule has 436 valence electrons. The second kappa shape index (κ2) is 64.1. The van der Waals surface area contributed by atoms with E-state index in [0.29, 0.717) is 19.3 Å². The molecular formula is C71H116O6. The summed E-state index contributed by atoms with van der Waals surface area (Å²) >= 11 is 0. The van der Waals surface area contributed by atoms with Crippen molar-refractivity contribution >= 4 is 17.9 Å². The molecule has 0 saturated heterocycles. The Morgan fingerprint density at radius 1 is 0.273 bits per heavy atom. The number of carbonyl (C=O) groups is 3. The first-order chi connectivity index (χ1) is 38.0. The van der Waals surface area contributed by atoms with Crippen LogP contribution in [0.2, 0.25) is 0 Å². The average molecular weight is 1070 g/mol. The van der Waals surface area contributed by atoms with Gasteiger partial charge in [0.15, 0.2) is 6.10 Å². The zero-order valence-electron chi connectivity index (χ0n) is 49.9. The van der Waals surface area contributed by atoms with E-state index in [-0.39, 0.29) is 44.0 Å². The number of rotatable bonds is 56. The third-order valence-electron chi connectivity index (χ3n) is 13.1. The van der Waals surface area contributed by atoms with Crippen molar-refractivity contribution in [2.75, 3.05) is 13.2 Å². The summed E-state index contributed by atoms with van der Waals surface area (Å²) in [6.07, 6.45) is 90.7. The number of carbonyl (C=O) groups excluding carboxylic acids is 3. The summed E-state index contributed by atoms with van der Waals surface area (Å²) in [6.45, 7) is 6.30. The number of esters is 3. The Morgan fingerprint density at radius 2 is 0.532 bits per heavy atom. The molecule has 0 aliphatic carbocycles. The largest absolute Gasteiger partial charge is 0.462 e. The zero-order chi connectivity index (χ0) is 55.7. The molecule has 0 bridgehead atoms. The monoisotopic (exact) mass is 1060 g/mol. The van der Waals surface area contributed by atoms with Gasteiger partial charge in [0.25, 0.3) is 0 Å². The molecule has 0 fully saturated rings. The summed E-state index contributed by atoms with van der Waals surface area (Å²) in [5, 5.41) is 0. The fourth-order valence-electron chi connectivity index (χ4n) is 8.45. The lowest BCUT2D eigenvalue weighted by Crippen LogP contribution is -2.30. The summed E-state index contributed by atoms with van der Waals surface area (Å²) in [5.74, 6) is -1.05. The van der Waals surface area contributed by atoms with Crippen molar-refractivity contribution < 1.29 is 28.6 Å². The van der Waals surface area contributed by atoms with Crippen molar-refractivity contribution in [1.82, 2.24) is 0 Å². The van der Waals surface area contributed by atoms with E-state index in [9.17, 15) is 14.4 Å². The maximum atomic E-state index is 12.8. The van der Waals surface area contributed by atoms with Crippen LogP contribution in [0.15, 0.2) is 134 Å². The summed E-state index contributed by atoms with van der Waals surface area (Å²) in [7, 11) is 0. The van der Waals surface area contributed by atoms with E-state index in [1.165, 1.54) is 128 Å². The van der Waals surface area contributed by atoms with Crippen LogP contribution in [-0.4, -0.2) is 37.2 Å². The van der Waals surface area contributed by atoms with Crippen LogP contribution in [0.4, 0.5) is 0 Å². The van der Waals surface area contributed by atoms with Crippen LogP contribution < -0.4 is 0 Å². The lowest BCUT2D eigenvalue weighted by molar-refractivity contribution is -0.166. The van der Waals surface area contributed by atoms with Gasteiger partial charge in [-0.05, 0) is 122 Å². The van der Waals surface area contributed by atoms with E-state index in [1.54, 1.807) is 0 Å². The topological polar surface area (TPSA) is 78.9 Å². The molecule has 1 atom stereocenters. The third-order valence-corrected chi connectivity index (χ3v) is 13.1. The van der Waals surface area contributed by atoms with Gasteiger partial charge in [-0.2, -0.15) is 0 Å². The number of allylic oxidation sites excluding steroid dienone is 22. The van der Waals surface area contributed by atoms with Gasteiger partial charge in [0.2, 0.25) is 0 Å². The van der Waals surface area contributed by atoms with Crippen LogP contribution in [0.1, 0.15) is 278 Å². The molecule has 77 heavy (non-hydrogen) atoms. The van der Waals surface area contributed by atoms with E-state index >= 15 is 0 Å². The van der Waals surface area contributed by atoms with Crippen LogP contribution in [0.5, 0.6) is 0 Å². The van der Waals surface area contributed by atoms with Crippen molar-refractivity contribution in [3.63, 3.8) is 0 Å². The quantitative estimate of drug-likeness (QED) is 0.0261. The standard InChI is InChI=1S/C71H116O6/c1-4-7-10-13-16-19-22-25-27-28-29-30-31-32-33-34-35-36-37-38-39-40-41-42-44-46-49-52-55-58-61-64-70(73)76-67-68(66-75-69(72)63-60-57-54-51-48-45-24-21-18-15-12-9-6-3)77-71(74)65-62-59-56-53-50-47-43-26-23-20-17-14-11-8-5-2/h8-9,11-12,17-18,20-22,25-26,28-29,31-32,43,45,48,50,53-54,57,68H,4-7,10,13-16,19,23-24,27,30,33-42,44,46-47,49,51-52,55-56,58-67H2,1-3H3/b11-8-,12-9-,20-17-,21-18-,25-22-,29-28-,32-31-,43-26-,48-45-,53-50-,57-54-. The molecule has 1 unspecified atom stereocenters. The molecule has 0 aromatic rings. The van der Waals surface area contributed by atoms with Crippen molar-refractivity contribution in [3.8, 4) is 0 Å². The van der Waals surface area contributed by atoms with Gasteiger partial charge in [-0.1, -0.05) is 270 Å². The second-order valence-electron chi connectivity index (χ2n) is 20.5. The van der Waals surface area contributed by atoms with Crippen molar-refractivity contribution in [2.45, 2.75) is 284 Å². The molecule has 0 aliphatic rings. The van der Waals surface area contributed by atoms with Crippen LogP contribution in [0, 0.1) is 0 Å². The Labute approximate surface area is 475 Å². The third kappa shape index (κ3) is 62.3. The first-order valence-electron chi connectivity index (χ1n) is 31.7. The van der Waals surface area contributed by atoms with Crippen molar-refractivity contribution in [2.24, 2.45) is 0 Å². The highest BCUT2D eigenvalue weighted by molar-refractivity contribution is 5.71. The second-order valence-corrected chi connectivity index (χ2v) is 20.5. The van der Waals surface area contributed by atoms with Gasteiger partial charge in [0.1, 0.15) is 13.2 Å². The molecular weight excluding hydrogens is 949 g/mol. The van der Waals surface area contributed by atoms with Crippen molar-refractivity contribution in [1.29, 1.82) is 0 Å². The molecule has 0 amide bonds. The molecule has 0 saturated carbocycles. The van der Waals surface area contributed by atoms with E-state index in [4.69, 9.17) is 14.2 Å². The van der Waals surface area contributed by atoms with Gasteiger partial charge >= 0.3 is 17.9 Å². The number of hydrogen-bond acceptors (Lipinski definition) is 6. The normalized spacial score (nSPS) is 13.0. The lowest BCUT2D eigenvalue weighted by atomic mass is 10.0. The Balaban J connectivity index is 4.27. The summed E-state index contributed by atoms with van der Waals surface area (Å²) in [5.41, 5.74) is 0. The minimum Gasteiger partial charge on any atom is -0.462 e. The minimum absolute atomic E-state index is 0.120. The van der Waals surface area contributed by atoms with Gasteiger partial charge in [-0.3, -0.25) is 14.4 Å². The molecule has 0 N–H and O–H groups in total. The Hall–Kier alpha value is -4.45. The number of hydrogen-bond donors (Lipinski definition) is 0. The average Bonchev–Trinajstić information content (AvgIpc) is 3.43. The maximum absolute atomic E-state index is 12.8. The van der Waals surface area contributed by atoms with Crippen LogP contribution in [-0.2, 0) is 28.6 Å². The molecule has 0 radical (unpaired) electrons.